The van der Waals surface area contributed by atoms with Crippen molar-refractivity contribution in [3.8, 4) is 11.8 Å². The summed E-state index contributed by atoms with van der Waals surface area (Å²) in [5, 5.41) is 11.5. The minimum absolute atomic E-state index is 0.145. The molecule has 120 valence electrons. The summed E-state index contributed by atoms with van der Waals surface area (Å²) in [6.07, 6.45) is 0. The monoisotopic (exact) mass is 315 g/mol. The molecule has 0 saturated heterocycles. The van der Waals surface area contributed by atoms with Crippen LogP contribution in [0.2, 0.25) is 0 Å². The molecule has 0 fully saturated rings. The van der Waals surface area contributed by atoms with Crippen molar-refractivity contribution < 1.29 is 4.74 Å². The zero-order valence-corrected chi connectivity index (χ0v) is 14.3. The summed E-state index contributed by atoms with van der Waals surface area (Å²) in [5.74, 6) is 0.635. The molecule has 0 spiro atoms. The van der Waals surface area contributed by atoms with Crippen molar-refractivity contribution in [1.29, 1.82) is 5.26 Å². The second-order valence-electron chi connectivity index (χ2n) is 7.01. The molecule has 0 aliphatic heterocycles. The Morgan fingerprint density at radius 1 is 0.917 bits per heavy atom. The number of nitrogens with zero attached hydrogens (tertiary/aromatic N) is 1. The van der Waals surface area contributed by atoms with Crippen LogP contribution in [0.25, 0.3) is 10.8 Å². The molecule has 0 aromatic heterocycles. The molecule has 0 aliphatic rings. The fourth-order valence-corrected chi connectivity index (χ4v) is 2.75. The van der Waals surface area contributed by atoms with Gasteiger partial charge in [-0.25, -0.2) is 0 Å². The first kappa shape index (κ1) is 16.1. The van der Waals surface area contributed by atoms with Gasteiger partial charge in [0.1, 0.15) is 24.0 Å². The summed E-state index contributed by atoms with van der Waals surface area (Å²) in [4.78, 5) is 0. The van der Waals surface area contributed by atoms with E-state index in [1.807, 2.05) is 36.4 Å². The summed E-state index contributed by atoms with van der Waals surface area (Å²) in [6.45, 7) is 7.06. The molecular weight excluding hydrogens is 294 g/mol. The third kappa shape index (κ3) is 3.26. The van der Waals surface area contributed by atoms with Gasteiger partial charge in [0.25, 0.3) is 0 Å². The lowest BCUT2D eigenvalue weighted by Crippen LogP contribution is -2.10. The summed E-state index contributed by atoms with van der Waals surface area (Å²) in [7, 11) is 0. The Morgan fingerprint density at radius 2 is 1.62 bits per heavy atom. The molecule has 0 unspecified atom stereocenters. The van der Waals surface area contributed by atoms with Gasteiger partial charge in [-0.2, -0.15) is 5.26 Å². The lowest BCUT2D eigenvalue weighted by atomic mass is 9.87. The molecule has 0 amide bonds. The molecule has 0 heterocycles. The van der Waals surface area contributed by atoms with Crippen LogP contribution in [0.3, 0.4) is 0 Å². The summed E-state index contributed by atoms with van der Waals surface area (Å²) < 4.78 is 5.93. The van der Waals surface area contributed by atoms with Crippen LogP contribution in [-0.4, -0.2) is 0 Å². The summed E-state index contributed by atoms with van der Waals surface area (Å²) >= 11 is 0. The number of rotatable bonds is 3. The predicted octanol–water partition coefficient (Wildman–Crippen LogP) is 5.59. The Morgan fingerprint density at radius 3 is 2.29 bits per heavy atom. The molecule has 0 bridgehead atoms. The number of nitriles is 1. The SMILES string of the molecule is CC(C)(C)c1ccc(COc2ccc3ccccc3c2C#N)cc1. The highest BCUT2D eigenvalue weighted by Gasteiger charge is 2.13. The van der Waals surface area contributed by atoms with Crippen molar-refractivity contribution in [2.24, 2.45) is 0 Å². The molecule has 0 atom stereocenters. The van der Waals surface area contributed by atoms with Crippen LogP contribution in [0.4, 0.5) is 0 Å². The average molecular weight is 315 g/mol. The number of hydrogen-bond acceptors (Lipinski definition) is 2. The van der Waals surface area contributed by atoms with E-state index in [1.165, 1.54) is 5.56 Å². The van der Waals surface area contributed by atoms with E-state index in [0.717, 1.165) is 16.3 Å². The van der Waals surface area contributed by atoms with Crippen LogP contribution in [0.1, 0.15) is 37.5 Å². The normalized spacial score (nSPS) is 11.2. The standard InChI is InChI=1S/C22H21NO/c1-22(2,3)18-11-8-16(9-12-18)15-24-21-13-10-17-6-4-5-7-19(17)20(21)14-23/h4-13H,15H2,1-3H3. The van der Waals surface area contributed by atoms with Crippen LogP contribution in [0.5, 0.6) is 5.75 Å². The first-order chi connectivity index (χ1) is 11.5. The summed E-state index contributed by atoms with van der Waals surface area (Å²) in [5.41, 5.74) is 3.14. The molecule has 24 heavy (non-hydrogen) atoms. The molecule has 0 radical (unpaired) electrons. The predicted molar refractivity (Wildman–Crippen MR) is 98.1 cm³/mol. The van der Waals surface area contributed by atoms with Gasteiger partial charge in [0.2, 0.25) is 0 Å². The van der Waals surface area contributed by atoms with Gasteiger partial charge in [0, 0.05) is 5.39 Å². The average Bonchev–Trinajstić information content (AvgIpc) is 2.59. The van der Waals surface area contributed by atoms with E-state index in [-0.39, 0.29) is 5.41 Å². The molecule has 0 aliphatic carbocycles. The van der Waals surface area contributed by atoms with E-state index >= 15 is 0 Å². The number of fused-ring (bicyclic) bond motifs is 1. The number of ether oxygens (including phenoxy) is 1. The van der Waals surface area contributed by atoms with Crippen LogP contribution in [0, 0.1) is 11.3 Å². The zero-order chi connectivity index (χ0) is 17.2. The van der Waals surface area contributed by atoms with Crippen molar-refractivity contribution in [2.45, 2.75) is 32.8 Å². The fourth-order valence-electron chi connectivity index (χ4n) is 2.75. The fraction of sp³-hybridized carbons (Fsp3) is 0.227. The highest BCUT2D eigenvalue weighted by molar-refractivity contribution is 5.90. The molecule has 3 aromatic rings. The number of benzene rings is 3. The van der Waals surface area contributed by atoms with E-state index in [0.29, 0.717) is 17.9 Å². The van der Waals surface area contributed by atoms with Gasteiger partial charge in [-0.15, -0.1) is 0 Å². The Hall–Kier alpha value is -2.79. The van der Waals surface area contributed by atoms with E-state index in [9.17, 15) is 5.26 Å². The quantitative estimate of drug-likeness (QED) is 0.631. The van der Waals surface area contributed by atoms with Crippen LogP contribution in [-0.2, 0) is 12.0 Å². The maximum atomic E-state index is 9.51. The Kier molecular flexibility index (Phi) is 4.27. The number of hydrogen-bond donors (Lipinski definition) is 0. The largest absolute Gasteiger partial charge is 0.487 e. The second-order valence-corrected chi connectivity index (χ2v) is 7.01. The Labute approximate surface area is 143 Å². The summed E-state index contributed by atoms with van der Waals surface area (Å²) in [6, 6.07) is 22.5. The lowest BCUT2D eigenvalue weighted by molar-refractivity contribution is 0.305. The van der Waals surface area contributed by atoms with Gasteiger partial charge in [-0.05, 0) is 28.0 Å². The third-order valence-corrected chi connectivity index (χ3v) is 4.22. The Balaban J connectivity index is 1.82. The van der Waals surface area contributed by atoms with Gasteiger partial charge in [-0.1, -0.05) is 75.4 Å². The van der Waals surface area contributed by atoms with Crippen molar-refractivity contribution in [3.05, 3.63) is 77.4 Å². The van der Waals surface area contributed by atoms with Crippen LogP contribution >= 0.6 is 0 Å². The first-order valence-electron chi connectivity index (χ1n) is 8.13. The van der Waals surface area contributed by atoms with Gasteiger partial charge >= 0.3 is 0 Å². The molecule has 0 N–H and O–H groups in total. The van der Waals surface area contributed by atoms with Crippen molar-refractivity contribution >= 4 is 10.8 Å². The van der Waals surface area contributed by atoms with Gasteiger partial charge in [0.15, 0.2) is 0 Å². The second kappa shape index (κ2) is 6.37. The van der Waals surface area contributed by atoms with Crippen molar-refractivity contribution in [1.82, 2.24) is 0 Å². The zero-order valence-electron chi connectivity index (χ0n) is 14.3. The van der Waals surface area contributed by atoms with E-state index in [4.69, 9.17) is 4.74 Å². The highest BCUT2D eigenvalue weighted by Crippen LogP contribution is 2.28. The highest BCUT2D eigenvalue weighted by atomic mass is 16.5. The van der Waals surface area contributed by atoms with E-state index < -0.39 is 0 Å². The lowest BCUT2D eigenvalue weighted by Gasteiger charge is -2.19. The molecule has 3 rings (SSSR count). The van der Waals surface area contributed by atoms with E-state index in [2.05, 4.69) is 51.1 Å². The maximum absolute atomic E-state index is 9.51. The molecular formula is C22H21NO. The van der Waals surface area contributed by atoms with Crippen molar-refractivity contribution in [2.75, 3.05) is 0 Å². The first-order valence-corrected chi connectivity index (χ1v) is 8.13. The van der Waals surface area contributed by atoms with Crippen LogP contribution in [0.15, 0.2) is 60.7 Å². The Bertz CT molecular complexity index is 896. The van der Waals surface area contributed by atoms with Crippen LogP contribution < -0.4 is 4.74 Å². The molecule has 2 heteroatoms. The van der Waals surface area contributed by atoms with Crippen molar-refractivity contribution in [3.63, 3.8) is 0 Å². The minimum atomic E-state index is 0.145. The minimum Gasteiger partial charge on any atom is -0.487 e. The topological polar surface area (TPSA) is 33.0 Å². The van der Waals surface area contributed by atoms with E-state index in [1.54, 1.807) is 0 Å². The maximum Gasteiger partial charge on any atom is 0.138 e. The van der Waals surface area contributed by atoms with Gasteiger partial charge in [0.05, 0.1) is 0 Å². The van der Waals surface area contributed by atoms with Gasteiger partial charge in [-0.3, -0.25) is 0 Å². The smallest absolute Gasteiger partial charge is 0.138 e. The third-order valence-electron chi connectivity index (χ3n) is 4.22. The molecule has 2 nitrogen and oxygen atoms in total. The molecule has 0 saturated carbocycles. The van der Waals surface area contributed by atoms with Gasteiger partial charge < -0.3 is 4.74 Å². The molecule has 3 aromatic carbocycles.